The quantitative estimate of drug-likeness (QED) is 0.246. The van der Waals surface area contributed by atoms with Crippen LogP contribution in [0.5, 0.6) is 0 Å². The minimum absolute atomic E-state index is 0.0126. The number of hydroxylamine groups is 2. The summed E-state index contributed by atoms with van der Waals surface area (Å²) in [4.78, 5) is 35.2. The van der Waals surface area contributed by atoms with Crippen LogP contribution in [-0.2, 0) is 32.6 Å². The topological polar surface area (TPSA) is 131 Å². The van der Waals surface area contributed by atoms with Crippen molar-refractivity contribution in [2.45, 2.75) is 23.9 Å². The van der Waals surface area contributed by atoms with Gasteiger partial charge in [0.25, 0.3) is 5.91 Å². The molecule has 1 atom stereocenters. The maximum absolute atomic E-state index is 13.2. The van der Waals surface area contributed by atoms with Crippen molar-refractivity contribution in [3.63, 3.8) is 0 Å². The van der Waals surface area contributed by atoms with Crippen LogP contribution in [0.3, 0.4) is 0 Å². The van der Waals surface area contributed by atoms with Gasteiger partial charge in [-0.1, -0.05) is 66.7 Å². The molecule has 39 heavy (non-hydrogen) atoms. The number of carbonyl (C=O) groups excluding carboxylic acids is 1. The van der Waals surface area contributed by atoms with Crippen molar-refractivity contribution in [2.75, 3.05) is 13.2 Å². The highest BCUT2D eigenvalue weighted by Crippen LogP contribution is 2.12. The third kappa shape index (κ3) is 7.84. The summed E-state index contributed by atoms with van der Waals surface area (Å²) < 4.78 is 29.6. The third-order valence-electron chi connectivity index (χ3n) is 5.74. The van der Waals surface area contributed by atoms with Crippen LogP contribution in [0, 0.1) is 0 Å². The molecule has 3 aromatic carbocycles. The van der Waals surface area contributed by atoms with Crippen LogP contribution >= 0.6 is 0 Å². The number of amides is 1. The first-order chi connectivity index (χ1) is 18.8. The zero-order valence-electron chi connectivity index (χ0n) is 21.0. The minimum Gasteiger partial charge on any atom is -0.480 e. The third-order valence-corrected chi connectivity index (χ3v) is 7.23. The summed E-state index contributed by atoms with van der Waals surface area (Å²) in [6.45, 7) is 0.103. The molecule has 10 nitrogen and oxygen atoms in total. The Bertz CT molecular complexity index is 1480. The van der Waals surface area contributed by atoms with Gasteiger partial charge in [0.05, 0.1) is 30.1 Å². The lowest BCUT2D eigenvalue weighted by Crippen LogP contribution is -2.50. The number of carboxylic acids is 1. The molecule has 1 aromatic heterocycles. The highest BCUT2D eigenvalue weighted by molar-refractivity contribution is 7.89. The Labute approximate surface area is 226 Å². The van der Waals surface area contributed by atoms with Gasteiger partial charge in [-0.2, -0.15) is 4.72 Å². The second kappa shape index (κ2) is 13.0. The van der Waals surface area contributed by atoms with E-state index in [9.17, 15) is 23.1 Å². The Morgan fingerprint density at radius 1 is 0.949 bits per heavy atom. The molecule has 0 spiro atoms. The van der Waals surface area contributed by atoms with E-state index in [1.54, 1.807) is 42.7 Å². The summed E-state index contributed by atoms with van der Waals surface area (Å²) in [5.74, 6) is -2.06. The number of aromatic nitrogens is 2. The number of nitrogens with zero attached hydrogens (tertiary/aromatic N) is 3. The van der Waals surface area contributed by atoms with Crippen molar-refractivity contribution in [1.29, 1.82) is 0 Å². The maximum atomic E-state index is 13.2. The average Bonchev–Trinajstić information content (AvgIpc) is 3.39. The van der Waals surface area contributed by atoms with Crippen LogP contribution in [0.4, 0.5) is 0 Å². The number of sulfonamides is 1. The second-order valence-electron chi connectivity index (χ2n) is 8.66. The zero-order chi connectivity index (χ0) is 27.7. The molecule has 1 heterocycles. The molecule has 1 amide bonds. The molecule has 0 aliphatic rings. The van der Waals surface area contributed by atoms with Crippen LogP contribution in [0.15, 0.2) is 108 Å². The SMILES string of the molecule is O=C(O)[C@H](CN(OCCc1cn(Cc2ccccc2)cn1)C(=O)c1ccccc1)NS(=O)(=O)c1ccccc1. The Balaban J connectivity index is 1.45. The van der Waals surface area contributed by atoms with E-state index in [-0.39, 0.29) is 17.1 Å². The summed E-state index contributed by atoms with van der Waals surface area (Å²) in [6.07, 6.45) is 3.91. The number of rotatable bonds is 13. The van der Waals surface area contributed by atoms with Crippen LogP contribution < -0.4 is 4.72 Å². The van der Waals surface area contributed by atoms with E-state index in [0.29, 0.717) is 13.0 Å². The fourth-order valence-corrected chi connectivity index (χ4v) is 4.98. The lowest BCUT2D eigenvalue weighted by Gasteiger charge is -2.25. The lowest BCUT2D eigenvalue weighted by atomic mass is 10.2. The smallest absolute Gasteiger partial charge is 0.323 e. The molecule has 4 rings (SSSR count). The van der Waals surface area contributed by atoms with Crippen molar-refractivity contribution in [1.82, 2.24) is 19.3 Å². The molecule has 0 radical (unpaired) electrons. The Morgan fingerprint density at radius 3 is 2.21 bits per heavy atom. The number of hydrogen-bond donors (Lipinski definition) is 2. The van der Waals surface area contributed by atoms with Gasteiger partial charge in [-0.15, -0.1) is 0 Å². The summed E-state index contributed by atoms with van der Waals surface area (Å²) in [7, 11) is -4.16. The molecule has 0 bridgehead atoms. The lowest BCUT2D eigenvalue weighted by molar-refractivity contribution is -0.148. The molecule has 0 unspecified atom stereocenters. The zero-order valence-corrected chi connectivity index (χ0v) is 21.8. The van der Waals surface area contributed by atoms with Gasteiger partial charge in [0.15, 0.2) is 0 Å². The van der Waals surface area contributed by atoms with Crippen molar-refractivity contribution in [3.8, 4) is 0 Å². The van der Waals surface area contributed by atoms with E-state index in [2.05, 4.69) is 9.71 Å². The number of carbonyl (C=O) groups is 2. The number of imidazole rings is 1. The number of benzene rings is 3. The van der Waals surface area contributed by atoms with Crippen molar-refractivity contribution in [2.24, 2.45) is 0 Å². The maximum Gasteiger partial charge on any atom is 0.323 e. The van der Waals surface area contributed by atoms with Gasteiger partial charge >= 0.3 is 5.97 Å². The van der Waals surface area contributed by atoms with Crippen molar-refractivity contribution < 1.29 is 28.0 Å². The van der Waals surface area contributed by atoms with Crippen molar-refractivity contribution >= 4 is 21.9 Å². The van der Waals surface area contributed by atoms with Crippen LogP contribution in [-0.4, -0.2) is 59.2 Å². The van der Waals surface area contributed by atoms with Gasteiger partial charge in [0.2, 0.25) is 10.0 Å². The monoisotopic (exact) mass is 548 g/mol. The molecule has 0 saturated heterocycles. The van der Waals surface area contributed by atoms with Gasteiger partial charge in [0, 0.05) is 24.7 Å². The average molecular weight is 549 g/mol. The summed E-state index contributed by atoms with van der Waals surface area (Å²) >= 11 is 0. The first kappa shape index (κ1) is 27.7. The predicted octanol–water partition coefficient (Wildman–Crippen LogP) is 2.98. The minimum atomic E-state index is -4.16. The Hall–Kier alpha value is -4.32. The molecule has 0 saturated carbocycles. The van der Waals surface area contributed by atoms with E-state index in [4.69, 9.17) is 4.84 Å². The molecule has 11 heteroatoms. The predicted molar refractivity (Wildman–Crippen MR) is 143 cm³/mol. The van der Waals surface area contributed by atoms with E-state index in [0.717, 1.165) is 16.3 Å². The fourth-order valence-electron chi connectivity index (χ4n) is 3.78. The first-order valence-corrected chi connectivity index (χ1v) is 13.6. The Morgan fingerprint density at radius 2 is 1.56 bits per heavy atom. The highest BCUT2D eigenvalue weighted by Gasteiger charge is 2.30. The summed E-state index contributed by atoms with van der Waals surface area (Å²) in [5.41, 5.74) is 2.10. The number of hydrogen-bond acceptors (Lipinski definition) is 6. The Kier molecular flexibility index (Phi) is 9.21. The van der Waals surface area contributed by atoms with Crippen LogP contribution in [0.1, 0.15) is 21.6 Å². The summed E-state index contributed by atoms with van der Waals surface area (Å²) in [5, 5.41) is 10.7. The van der Waals surface area contributed by atoms with E-state index >= 15 is 0 Å². The summed E-state index contributed by atoms with van der Waals surface area (Å²) in [6, 6.07) is 23.8. The molecular formula is C28H28N4O6S. The highest BCUT2D eigenvalue weighted by atomic mass is 32.2. The van der Waals surface area contributed by atoms with Gasteiger partial charge in [-0.3, -0.25) is 14.4 Å². The molecule has 4 aromatic rings. The molecule has 202 valence electrons. The first-order valence-electron chi connectivity index (χ1n) is 12.2. The molecular weight excluding hydrogens is 520 g/mol. The normalized spacial score (nSPS) is 12.1. The number of aliphatic carboxylic acids is 1. The van der Waals surface area contributed by atoms with E-state index in [1.165, 1.54) is 24.3 Å². The van der Waals surface area contributed by atoms with Gasteiger partial charge in [-0.05, 0) is 29.8 Å². The number of nitrogens with one attached hydrogen (secondary N) is 1. The van der Waals surface area contributed by atoms with Crippen LogP contribution in [0.2, 0.25) is 0 Å². The molecule has 0 aliphatic heterocycles. The second-order valence-corrected chi connectivity index (χ2v) is 10.4. The fraction of sp³-hybridized carbons (Fsp3) is 0.179. The largest absolute Gasteiger partial charge is 0.480 e. The van der Waals surface area contributed by atoms with Crippen molar-refractivity contribution in [3.05, 3.63) is 120 Å². The van der Waals surface area contributed by atoms with Crippen LogP contribution in [0.25, 0.3) is 0 Å². The van der Waals surface area contributed by atoms with Gasteiger partial charge in [-0.25, -0.2) is 18.5 Å². The van der Waals surface area contributed by atoms with Gasteiger partial charge in [0.1, 0.15) is 6.04 Å². The molecule has 0 aliphatic carbocycles. The molecule has 2 N–H and O–H groups in total. The molecule has 0 fully saturated rings. The van der Waals surface area contributed by atoms with Gasteiger partial charge < -0.3 is 9.67 Å². The number of carboxylic acid groups (broad SMARTS) is 1. The standard InChI is InChI=1S/C28H28N4O6S/c33-27(23-12-6-2-7-13-23)32(20-26(28(34)35)30-39(36,37)25-14-8-3-9-15-25)38-17-16-24-19-31(21-29-24)18-22-10-4-1-5-11-22/h1-15,19,21,26,30H,16-18,20H2,(H,34,35)/t26-/m0/s1. The van der Waals surface area contributed by atoms with E-state index < -0.39 is 34.5 Å². The van der Waals surface area contributed by atoms with E-state index in [1.807, 2.05) is 41.1 Å².